The number of aromatic nitrogens is 1. The molecule has 5 heteroatoms. The van der Waals surface area contributed by atoms with Crippen molar-refractivity contribution in [1.82, 2.24) is 4.98 Å². The Bertz CT molecular complexity index is 811. The molecule has 3 rings (SSSR count). The number of ether oxygens (including phenoxy) is 1. The second kappa shape index (κ2) is 7.79. The van der Waals surface area contributed by atoms with Crippen LogP contribution >= 0.6 is 11.6 Å². The molecule has 0 amide bonds. The first-order valence-electron chi connectivity index (χ1n) is 7.52. The zero-order valence-electron chi connectivity index (χ0n) is 12.9. The van der Waals surface area contributed by atoms with Gasteiger partial charge in [-0.2, -0.15) is 0 Å². The first-order valence-corrected chi connectivity index (χ1v) is 7.90. The second-order valence-electron chi connectivity index (χ2n) is 5.20. The smallest absolute Gasteiger partial charge is 0.129 e. The van der Waals surface area contributed by atoms with Gasteiger partial charge in [-0.15, -0.1) is 0 Å². The average Bonchev–Trinajstić information content (AvgIpc) is 2.61. The van der Waals surface area contributed by atoms with Crippen LogP contribution in [-0.2, 0) is 13.2 Å². The van der Waals surface area contributed by atoms with Crippen LogP contribution in [0.15, 0.2) is 66.9 Å². The highest BCUT2D eigenvalue weighted by Gasteiger charge is 2.08. The summed E-state index contributed by atoms with van der Waals surface area (Å²) >= 11 is 6.08. The van der Waals surface area contributed by atoms with Gasteiger partial charge in [0.1, 0.15) is 24.0 Å². The Hall–Kier alpha value is -2.59. The predicted molar refractivity (Wildman–Crippen MR) is 93.7 cm³/mol. The lowest BCUT2D eigenvalue weighted by Crippen LogP contribution is -2.05. The first-order chi connectivity index (χ1) is 11.7. The van der Waals surface area contributed by atoms with Crippen molar-refractivity contribution in [2.24, 2.45) is 0 Å². The van der Waals surface area contributed by atoms with Crippen molar-refractivity contribution >= 4 is 17.4 Å². The number of halogens is 2. The lowest BCUT2D eigenvalue weighted by Gasteiger charge is -2.13. The summed E-state index contributed by atoms with van der Waals surface area (Å²) < 4.78 is 19.5. The fraction of sp³-hybridized carbons (Fsp3) is 0.105. The highest BCUT2D eigenvalue weighted by atomic mass is 35.5. The van der Waals surface area contributed by atoms with Crippen LogP contribution in [-0.4, -0.2) is 4.98 Å². The second-order valence-corrected chi connectivity index (χ2v) is 5.64. The van der Waals surface area contributed by atoms with Crippen molar-refractivity contribution < 1.29 is 9.13 Å². The minimum Gasteiger partial charge on any atom is -0.488 e. The number of hydrogen-bond donors (Lipinski definition) is 1. The lowest BCUT2D eigenvalue weighted by molar-refractivity contribution is 0.297. The molecule has 2 aromatic carbocycles. The van der Waals surface area contributed by atoms with Crippen molar-refractivity contribution in [1.29, 1.82) is 0 Å². The summed E-state index contributed by atoms with van der Waals surface area (Å²) in [4.78, 5) is 4.22. The molecule has 122 valence electrons. The summed E-state index contributed by atoms with van der Waals surface area (Å²) in [5, 5.41) is 3.83. The maximum Gasteiger partial charge on any atom is 0.129 e. The van der Waals surface area contributed by atoms with Crippen molar-refractivity contribution in [3.8, 4) is 5.75 Å². The number of nitrogens with one attached hydrogen (secondary N) is 1. The molecule has 3 aromatic rings. The summed E-state index contributed by atoms with van der Waals surface area (Å²) in [6.07, 6.45) is 1.72. The fourth-order valence-corrected chi connectivity index (χ4v) is 2.45. The molecule has 0 radical (unpaired) electrons. The van der Waals surface area contributed by atoms with Gasteiger partial charge in [0.15, 0.2) is 0 Å². The molecule has 0 bridgehead atoms. The van der Waals surface area contributed by atoms with Gasteiger partial charge >= 0.3 is 0 Å². The van der Waals surface area contributed by atoms with E-state index in [4.69, 9.17) is 16.3 Å². The van der Waals surface area contributed by atoms with Gasteiger partial charge in [0, 0.05) is 28.9 Å². The number of anilines is 1. The first kappa shape index (κ1) is 16.3. The summed E-state index contributed by atoms with van der Waals surface area (Å²) in [6, 6.07) is 17.6. The molecule has 24 heavy (non-hydrogen) atoms. The Morgan fingerprint density at radius 2 is 1.83 bits per heavy atom. The third-order valence-corrected chi connectivity index (χ3v) is 3.72. The van der Waals surface area contributed by atoms with Gasteiger partial charge in [-0.05, 0) is 36.4 Å². The van der Waals surface area contributed by atoms with Gasteiger partial charge in [-0.1, -0.05) is 35.9 Å². The predicted octanol–water partition coefficient (Wildman–Crippen LogP) is 5.07. The van der Waals surface area contributed by atoms with E-state index in [1.807, 2.05) is 24.3 Å². The van der Waals surface area contributed by atoms with E-state index in [9.17, 15) is 4.39 Å². The number of hydrogen-bond acceptors (Lipinski definition) is 3. The topological polar surface area (TPSA) is 34.1 Å². The molecule has 0 saturated carbocycles. The number of benzene rings is 2. The zero-order chi connectivity index (χ0) is 16.8. The van der Waals surface area contributed by atoms with Gasteiger partial charge in [0.2, 0.25) is 0 Å². The SMILES string of the molecule is Fc1ccccc1COc1ccc(Cl)cc1CNc1ccccn1. The Balaban J connectivity index is 1.72. The Morgan fingerprint density at radius 1 is 1.00 bits per heavy atom. The molecule has 1 N–H and O–H groups in total. The van der Waals surface area contributed by atoms with Crippen LogP contribution in [0.3, 0.4) is 0 Å². The minimum atomic E-state index is -0.278. The Morgan fingerprint density at radius 3 is 2.62 bits per heavy atom. The molecule has 1 heterocycles. The van der Waals surface area contributed by atoms with Crippen LogP contribution in [0.2, 0.25) is 5.02 Å². The Kier molecular flexibility index (Phi) is 5.29. The molecule has 3 nitrogen and oxygen atoms in total. The fourth-order valence-electron chi connectivity index (χ4n) is 2.25. The summed E-state index contributed by atoms with van der Waals surface area (Å²) in [6.45, 7) is 0.662. The van der Waals surface area contributed by atoms with Crippen molar-refractivity contribution in [2.45, 2.75) is 13.2 Å². The van der Waals surface area contributed by atoms with E-state index in [2.05, 4.69) is 10.3 Å². The van der Waals surface area contributed by atoms with Gasteiger partial charge in [-0.25, -0.2) is 9.37 Å². The van der Waals surface area contributed by atoms with E-state index in [0.29, 0.717) is 22.9 Å². The highest BCUT2D eigenvalue weighted by Crippen LogP contribution is 2.25. The third kappa shape index (κ3) is 4.24. The maximum absolute atomic E-state index is 13.7. The van der Waals surface area contributed by atoms with E-state index < -0.39 is 0 Å². The number of nitrogens with zero attached hydrogens (tertiary/aromatic N) is 1. The molecule has 1 aromatic heterocycles. The number of pyridine rings is 1. The maximum atomic E-state index is 13.7. The molecule has 0 aliphatic carbocycles. The van der Waals surface area contributed by atoms with Crippen LogP contribution in [0.25, 0.3) is 0 Å². The van der Waals surface area contributed by atoms with Crippen LogP contribution in [0.5, 0.6) is 5.75 Å². The van der Waals surface area contributed by atoms with Crippen LogP contribution in [0.4, 0.5) is 10.2 Å². The normalized spacial score (nSPS) is 10.4. The number of rotatable bonds is 6. The molecule has 0 unspecified atom stereocenters. The summed E-state index contributed by atoms with van der Waals surface area (Å²) in [5.41, 5.74) is 1.39. The van der Waals surface area contributed by atoms with E-state index in [0.717, 1.165) is 11.4 Å². The average molecular weight is 343 g/mol. The molecule has 0 atom stereocenters. The van der Waals surface area contributed by atoms with Gasteiger partial charge in [0.05, 0.1) is 0 Å². The minimum absolute atomic E-state index is 0.158. The van der Waals surface area contributed by atoms with Crippen LogP contribution in [0.1, 0.15) is 11.1 Å². The largest absolute Gasteiger partial charge is 0.488 e. The molecule has 0 spiro atoms. The van der Waals surface area contributed by atoms with Crippen LogP contribution in [0, 0.1) is 5.82 Å². The molecule has 0 aliphatic heterocycles. The molecular weight excluding hydrogens is 327 g/mol. The monoisotopic (exact) mass is 342 g/mol. The standard InChI is InChI=1S/C19H16ClFN2O/c20-16-8-9-18(24-13-14-5-1-2-6-17(14)21)15(11-16)12-23-19-7-3-4-10-22-19/h1-11H,12-13H2,(H,22,23). The van der Waals surface area contributed by atoms with Crippen molar-refractivity contribution in [3.05, 3.63) is 88.8 Å². The van der Waals surface area contributed by atoms with E-state index >= 15 is 0 Å². The van der Waals surface area contributed by atoms with Gasteiger partial charge in [0.25, 0.3) is 0 Å². The van der Waals surface area contributed by atoms with Crippen molar-refractivity contribution in [2.75, 3.05) is 5.32 Å². The highest BCUT2D eigenvalue weighted by molar-refractivity contribution is 6.30. The van der Waals surface area contributed by atoms with Crippen LogP contribution < -0.4 is 10.1 Å². The molecule has 0 fully saturated rings. The van der Waals surface area contributed by atoms with E-state index in [1.165, 1.54) is 6.07 Å². The quantitative estimate of drug-likeness (QED) is 0.679. The van der Waals surface area contributed by atoms with Crippen molar-refractivity contribution in [3.63, 3.8) is 0 Å². The van der Waals surface area contributed by atoms with E-state index in [1.54, 1.807) is 36.5 Å². The zero-order valence-corrected chi connectivity index (χ0v) is 13.6. The van der Waals surface area contributed by atoms with Gasteiger partial charge in [-0.3, -0.25) is 0 Å². The molecule has 0 saturated heterocycles. The summed E-state index contributed by atoms with van der Waals surface area (Å²) in [5.74, 6) is 1.14. The lowest BCUT2D eigenvalue weighted by atomic mass is 10.2. The molecular formula is C19H16ClFN2O. The van der Waals surface area contributed by atoms with E-state index in [-0.39, 0.29) is 12.4 Å². The molecule has 0 aliphatic rings. The van der Waals surface area contributed by atoms with Gasteiger partial charge < -0.3 is 10.1 Å². The Labute approximate surface area is 145 Å². The summed E-state index contributed by atoms with van der Waals surface area (Å²) in [7, 11) is 0. The third-order valence-electron chi connectivity index (χ3n) is 3.49.